The zero-order valence-corrected chi connectivity index (χ0v) is 24.7. The van der Waals surface area contributed by atoms with Crippen LogP contribution in [0.4, 0.5) is 0 Å². The number of carbonyl (C=O) groups excluding carboxylic acids is 3. The summed E-state index contributed by atoms with van der Waals surface area (Å²) in [6.45, 7) is 0.0161. The van der Waals surface area contributed by atoms with Crippen molar-refractivity contribution >= 4 is 23.4 Å². The number of ketones is 2. The molecule has 1 aliphatic carbocycles. The lowest BCUT2D eigenvalue weighted by molar-refractivity contribution is -0.136. The van der Waals surface area contributed by atoms with Crippen LogP contribution >= 0.6 is 0 Å². The van der Waals surface area contributed by atoms with Gasteiger partial charge in [-0.1, -0.05) is 110 Å². The van der Waals surface area contributed by atoms with Crippen molar-refractivity contribution in [2.75, 3.05) is 6.54 Å². The van der Waals surface area contributed by atoms with Crippen molar-refractivity contribution in [2.24, 2.45) is 0 Å². The number of nitrogens with one attached hydrogen (secondary N) is 1. The van der Waals surface area contributed by atoms with Crippen LogP contribution in [0.5, 0.6) is 0 Å². The van der Waals surface area contributed by atoms with E-state index < -0.39 is 17.8 Å². The molecule has 6 nitrogen and oxygen atoms in total. The molecule has 2 N–H and O–H groups in total. The molecule has 0 aromatic heterocycles. The van der Waals surface area contributed by atoms with Crippen molar-refractivity contribution in [3.05, 3.63) is 131 Å². The third kappa shape index (κ3) is 7.75. The Morgan fingerprint density at radius 1 is 0.682 bits per heavy atom. The van der Waals surface area contributed by atoms with Crippen molar-refractivity contribution < 1.29 is 24.3 Å². The van der Waals surface area contributed by atoms with Gasteiger partial charge in [-0.2, -0.15) is 0 Å². The minimum absolute atomic E-state index is 0.0161. The Kier molecular flexibility index (Phi) is 10.1. The number of amides is 1. The molecule has 1 atom stereocenters. The summed E-state index contributed by atoms with van der Waals surface area (Å²) < 4.78 is 0. The first-order valence-corrected chi connectivity index (χ1v) is 15.3. The average molecular weight is 588 g/mol. The van der Waals surface area contributed by atoms with Crippen molar-refractivity contribution in [1.82, 2.24) is 5.32 Å². The Bertz CT molecular complexity index is 1590. The molecule has 5 rings (SSSR count). The summed E-state index contributed by atoms with van der Waals surface area (Å²) in [5.41, 5.74) is 5.43. The highest BCUT2D eigenvalue weighted by Crippen LogP contribution is 2.34. The van der Waals surface area contributed by atoms with Gasteiger partial charge < -0.3 is 10.4 Å². The number of hydrogen-bond acceptors (Lipinski definition) is 4. The van der Waals surface area contributed by atoms with Gasteiger partial charge in [0.05, 0.1) is 12.3 Å². The van der Waals surface area contributed by atoms with Gasteiger partial charge in [0.1, 0.15) is 0 Å². The van der Waals surface area contributed by atoms with Gasteiger partial charge in [0.25, 0.3) is 5.91 Å². The fourth-order valence-electron chi connectivity index (χ4n) is 5.95. The molecule has 1 amide bonds. The number of Topliss-reactive ketones (excluding diaryl/α,β-unsaturated/α-hetero) is 2. The standard InChI is InChI=1S/C38H37NO5/c40-35(31-17-13-29(14-18-31)27-9-5-2-6-10-27)25-34(30-15-11-28(12-16-30)26-7-3-1-4-8-26)37(43)32-19-21-33(22-20-32)38(44)39-24-23-36(41)42/h2,5-6,9-22,26,34H,1,3-4,7-8,23-25H2,(H,39,44)(H,41,42). The van der Waals surface area contributed by atoms with Crippen molar-refractivity contribution in [3.8, 4) is 11.1 Å². The van der Waals surface area contributed by atoms with Gasteiger partial charge in [0.15, 0.2) is 11.6 Å². The van der Waals surface area contributed by atoms with E-state index in [-0.39, 0.29) is 31.0 Å². The SMILES string of the molecule is O=C(O)CCNC(=O)c1ccc(C(=O)C(CC(=O)c2ccc(-c3ccccc3)cc2)c2ccc(C3CCCCC3)cc2)cc1. The average Bonchev–Trinajstić information content (AvgIpc) is 3.07. The lowest BCUT2D eigenvalue weighted by atomic mass is 9.81. The number of benzene rings is 4. The molecule has 44 heavy (non-hydrogen) atoms. The second kappa shape index (κ2) is 14.6. The van der Waals surface area contributed by atoms with E-state index in [1.165, 1.54) is 37.7 Å². The molecular formula is C38H37NO5. The molecule has 224 valence electrons. The van der Waals surface area contributed by atoms with Crippen LogP contribution in [0.3, 0.4) is 0 Å². The Morgan fingerprint density at radius 3 is 1.91 bits per heavy atom. The number of hydrogen-bond donors (Lipinski definition) is 2. The summed E-state index contributed by atoms with van der Waals surface area (Å²) in [5.74, 6) is -1.87. The number of carboxylic acid groups (broad SMARTS) is 1. The van der Waals surface area contributed by atoms with Crippen LogP contribution in [-0.2, 0) is 4.79 Å². The molecule has 0 saturated heterocycles. The summed E-state index contributed by atoms with van der Waals surface area (Å²) in [4.78, 5) is 50.7. The monoisotopic (exact) mass is 587 g/mol. The summed E-state index contributed by atoms with van der Waals surface area (Å²) in [5, 5.41) is 11.4. The van der Waals surface area contributed by atoms with E-state index in [2.05, 4.69) is 17.4 Å². The highest BCUT2D eigenvalue weighted by molar-refractivity contribution is 6.06. The molecule has 1 aliphatic rings. The van der Waals surface area contributed by atoms with Gasteiger partial charge in [-0.3, -0.25) is 19.2 Å². The first kappa shape index (κ1) is 30.6. The van der Waals surface area contributed by atoms with Crippen LogP contribution in [0.1, 0.15) is 99.0 Å². The molecule has 4 aromatic carbocycles. The van der Waals surface area contributed by atoms with E-state index in [1.807, 2.05) is 66.7 Å². The molecule has 0 spiro atoms. The number of carboxylic acids is 1. The summed E-state index contributed by atoms with van der Waals surface area (Å²) in [6, 6.07) is 31.9. The normalized spacial score (nSPS) is 14.0. The van der Waals surface area contributed by atoms with Gasteiger partial charge in [-0.15, -0.1) is 0 Å². The Hall–Kier alpha value is -4.84. The Labute approximate surface area is 258 Å². The molecule has 0 bridgehead atoms. The maximum atomic E-state index is 13.9. The van der Waals surface area contributed by atoms with Crippen LogP contribution in [0.2, 0.25) is 0 Å². The quantitative estimate of drug-likeness (QED) is 0.164. The van der Waals surface area contributed by atoms with Crippen molar-refractivity contribution in [3.63, 3.8) is 0 Å². The largest absolute Gasteiger partial charge is 0.481 e. The lowest BCUT2D eigenvalue weighted by Crippen LogP contribution is -2.26. The molecule has 0 radical (unpaired) electrons. The maximum absolute atomic E-state index is 13.9. The molecule has 4 aromatic rings. The predicted molar refractivity (Wildman–Crippen MR) is 171 cm³/mol. The van der Waals surface area contributed by atoms with Gasteiger partial charge in [-0.25, -0.2) is 0 Å². The van der Waals surface area contributed by atoms with E-state index in [9.17, 15) is 19.2 Å². The lowest BCUT2D eigenvalue weighted by Gasteiger charge is -2.23. The molecule has 1 unspecified atom stereocenters. The highest BCUT2D eigenvalue weighted by atomic mass is 16.4. The maximum Gasteiger partial charge on any atom is 0.305 e. The number of aliphatic carboxylic acids is 1. The van der Waals surface area contributed by atoms with E-state index in [1.54, 1.807) is 24.3 Å². The minimum atomic E-state index is -0.995. The third-order valence-corrected chi connectivity index (χ3v) is 8.49. The predicted octanol–water partition coefficient (Wildman–Crippen LogP) is 7.85. The first-order chi connectivity index (χ1) is 21.4. The fourth-order valence-corrected chi connectivity index (χ4v) is 5.95. The first-order valence-electron chi connectivity index (χ1n) is 15.3. The minimum Gasteiger partial charge on any atom is -0.481 e. The summed E-state index contributed by atoms with van der Waals surface area (Å²) in [6.07, 6.45) is 5.95. The van der Waals surface area contributed by atoms with Gasteiger partial charge in [-0.05, 0) is 53.1 Å². The molecule has 1 fully saturated rings. The Morgan fingerprint density at radius 2 is 1.27 bits per heavy atom. The second-order valence-electron chi connectivity index (χ2n) is 11.5. The van der Waals surface area contributed by atoms with Crippen LogP contribution in [0, 0.1) is 0 Å². The van der Waals surface area contributed by atoms with Crippen LogP contribution in [0.15, 0.2) is 103 Å². The summed E-state index contributed by atoms with van der Waals surface area (Å²) in [7, 11) is 0. The zero-order chi connectivity index (χ0) is 30.9. The third-order valence-electron chi connectivity index (χ3n) is 8.49. The van der Waals surface area contributed by atoms with E-state index >= 15 is 0 Å². The smallest absolute Gasteiger partial charge is 0.305 e. The fraction of sp³-hybridized carbons (Fsp3) is 0.263. The molecular weight excluding hydrogens is 550 g/mol. The second-order valence-corrected chi connectivity index (χ2v) is 11.5. The van der Waals surface area contributed by atoms with E-state index in [4.69, 9.17) is 5.11 Å². The summed E-state index contributed by atoms with van der Waals surface area (Å²) >= 11 is 0. The van der Waals surface area contributed by atoms with Gasteiger partial charge >= 0.3 is 5.97 Å². The highest BCUT2D eigenvalue weighted by Gasteiger charge is 2.26. The van der Waals surface area contributed by atoms with Gasteiger partial charge in [0.2, 0.25) is 0 Å². The molecule has 6 heteroatoms. The van der Waals surface area contributed by atoms with E-state index in [0.29, 0.717) is 22.6 Å². The number of rotatable bonds is 12. The number of carbonyl (C=O) groups is 4. The zero-order valence-electron chi connectivity index (χ0n) is 24.7. The Balaban J connectivity index is 1.36. The van der Waals surface area contributed by atoms with Crippen molar-refractivity contribution in [1.29, 1.82) is 0 Å². The van der Waals surface area contributed by atoms with Crippen LogP contribution in [-0.4, -0.2) is 35.1 Å². The molecule has 0 aliphatic heterocycles. The molecule has 0 heterocycles. The molecule has 1 saturated carbocycles. The topological polar surface area (TPSA) is 101 Å². The van der Waals surface area contributed by atoms with Crippen molar-refractivity contribution in [2.45, 2.75) is 56.8 Å². The van der Waals surface area contributed by atoms with Gasteiger partial charge in [0, 0.05) is 29.7 Å². The van der Waals surface area contributed by atoms with E-state index in [0.717, 1.165) is 16.7 Å². The van der Waals surface area contributed by atoms with Crippen LogP contribution in [0.25, 0.3) is 11.1 Å². The van der Waals surface area contributed by atoms with Crippen LogP contribution < -0.4 is 5.32 Å².